The van der Waals surface area contributed by atoms with E-state index in [9.17, 15) is 9.59 Å². The van der Waals surface area contributed by atoms with Gasteiger partial charge in [0.05, 0.1) is 12.0 Å². The molecule has 1 heterocycles. The molecular formula is C13H28Cl2N4O2. The fraction of sp³-hybridized carbons (Fsp3) is 0.846. The van der Waals surface area contributed by atoms with Crippen LogP contribution in [0.15, 0.2) is 0 Å². The minimum Gasteiger partial charge on any atom is -0.328 e. The normalized spacial score (nSPS) is 25.0. The van der Waals surface area contributed by atoms with E-state index in [1.165, 1.54) is 11.9 Å². The van der Waals surface area contributed by atoms with Crippen molar-refractivity contribution in [3.63, 3.8) is 0 Å². The fourth-order valence-electron chi connectivity index (χ4n) is 2.68. The summed E-state index contributed by atoms with van der Waals surface area (Å²) in [5.74, 6) is -0.474. The van der Waals surface area contributed by atoms with Crippen LogP contribution in [0, 0.1) is 5.92 Å². The monoisotopic (exact) mass is 342 g/mol. The lowest BCUT2D eigenvalue weighted by atomic mass is 9.83. The van der Waals surface area contributed by atoms with Crippen molar-refractivity contribution in [2.45, 2.75) is 51.2 Å². The first-order chi connectivity index (χ1) is 8.84. The molecule has 3 amide bonds. The zero-order valence-electron chi connectivity index (χ0n) is 13.1. The van der Waals surface area contributed by atoms with Gasteiger partial charge in [0.1, 0.15) is 0 Å². The Hall–Kier alpha value is -0.560. The van der Waals surface area contributed by atoms with Gasteiger partial charge in [-0.25, -0.2) is 4.79 Å². The van der Waals surface area contributed by atoms with Crippen LogP contribution in [-0.4, -0.2) is 54.0 Å². The Kier molecular flexibility index (Phi) is 10.2. The molecule has 4 N–H and O–H groups in total. The first-order valence-corrected chi connectivity index (χ1v) is 6.90. The largest absolute Gasteiger partial charge is 0.328 e. The molecular weight excluding hydrogens is 315 g/mol. The van der Waals surface area contributed by atoms with Crippen molar-refractivity contribution in [2.24, 2.45) is 17.4 Å². The molecule has 0 radical (unpaired) electrons. The molecule has 0 spiro atoms. The number of amides is 3. The molecule has 4 atom stereocenters. The highest BCUT2D eigenvalue weighted by molar-refractivity contribution is 5.98. The summed E-state index contributed by atoms with van der Waals surface area (Å²) in [6.45, 7) is 3.95. The summed E-state index contributed by atoms with van der Waals surface area (Å²) < 4.78 is 0. The first-order valence-electron chi connectivity index (χ1n) is 6.90. The van der Waals surface area contributed by atoms with Gasteiger partial charge in [0, 0.05) is 26.2 Å². The van der Waals surface area contributed by atoms with Crippen LogP contribution < -0.4 is 11.5 Å². The lowest BCUT2D eigenvalue weighted by Gasteiger charge is -2.44. The Labute approximate surface area is 139 Å². The van der Waals surface area contributed by atoms with E-state index in [0.717, 1.165) is 12.8 Å². The maximum atomic E-state index is 12.3. The molecule has 0 aromatic heterocycles. The van der Waals surface area contributed by atoms with E-state index in [-0.39, 0.29) is 60.8 Å². The summed E-state index contributed by atoms with van der Waals surface area (Å²) in [6.07, 6.45) is 2.09. The third-order valence-electron chi connectivity index (χ3n) is 4.09. The van der Waals surface area contributed by atoms with Crippen LogP contribution in [0.5, 0.6) is 0 Å². The van der Waals surface area contributed by atoms with Gasteiger partial charge in [-0.3, -0.25) is 9.69 Å². The molecule has 0 aliphatic carbocycles. The van der Waals surface area contributed by atoms with Crippen LogP contribution in [0.2, 0.25) is 0 Å². The molecule has 1 saturated heterocycles. The summed E-state index contributed by atoms with van der Waals surface area (Å²) in [4.78, 5) is 27.1. The minimum atomic E-state index is -0.308. The van der Waals surface area contributed by atoms with Crippen LogP contribution in [0.4, 0.5) is 4.79 Å². The van der Waals surface area contributed by atoms with Gasteiger partial charge < -0.3 is 16.4 Å². The molecule has 0 saturated carbocycles. The Morgan fingerprint density at radius 3 is 2.05 bits per heavy atom. The molecule has 1 aliphatic rings. The van der Waals surface area contributed by atoms with Gasteiger partial charge in [-0.2, -0.15) is 0 Å². The Morgan fingerprint density at radius 2 is 1.62 bits per heavy atom. The maximum Gasteiger partial charge on any atom is 0.326 e. The van der Waals surface area contributed by atoms with Crippen molar-refractivity contribution in [1.29, 1.82) is 0 Å². The topological polar surface area (TPSA) is 92.7 Å². The van der Waals surface area contributed by atoms with Crippen LogP contribution in [-0.2, 0) is 4.79 Å². The van der Waals surface area contributed by atoms with E-state index in [1.54, 1.807) is 11.9 Å². The molecule has 1 aliphatic heterocycles. The van der Waals surface area contributed by atoms with E-state index in [0.29, 0.717) is 6.42 Å². The Morgan fingerprint density at radius 1 is 1.10 bits per heavy atom. The summed E-state index contributed by atoms with van der Waals surface area (Å²) in [6, 6.07) is -0.810. The summed E-state index contributed by atoms with van der Waals surface area (Å²) in [5.41, 5.74) is 12.1. The Bertz CT molecular complexity index is 357. The highest BCUT2D eigenvalue weighted by atomic mass is 35.5. The quantitative estimate of drug-likeness (QED) is 0.785. The van der Waals surface area contributed by atoms with E-state index < -0.39 is 0 Å². The summed E-state index contributed by atoms with van der Waals surface area (Å²) in [7, 11) is 3.22. The fourth-order valence-corrected chi connectivity index (χ4v) is 2.68. The number of carbonyl (C=O) groups excluding carboxylic acids is 2. The average Bonchev–Trinajstić information content (AvgIpc) is 2.41. The number of hydrogen-bond acceptors (Lipinski definition) is 4. The highest BCUT2D eigenvalue weighted by Gasteiger charge is 2.45. The number of carbonyl (C=O) groups is 2. The second-order valence-electron chi connectivity index (χ2n) is 5.36. The van der Waals surface area contributed by atoms with E-state index in [2.05, 4.69) is 0 Å². The van der Waals surface area contributed by atoms with Gasteiger partial charge in [-0.05, 0) is 19.3 Å². The summed E-state index contributed by atoms with van der Waals surface area (Å²) in [5, 5.41) is 0. The zero-order chi connectivity index (χ0) is 14.7. The number of nitrogens with zero attached hydrogens (tertiary/aromatic N) is 2. The first kappa shape index (κ1) is 22.7. The van der Waals surface area contributed by atoms with Crippen molar-refractivity contribution < 1.29 is 9.59 Å². The van der Waals surface area contributed by atoms with Gasteiger partial charge in [0.25, 0.3) is 0 Å². The van der Waals surface area contributed by atoms with Gasteiger partial charge in [-0.1, -0.05) is 13.8 Å². The molecule has 126 valence electrons. The number of rotatable bonds is 5. The van der Waals surface area contributed by atoms with Crippen molar-refractivity contribution >= 4 is 36.8 Å². The van der Waals surface area contributed by atoms with Crippen LogP contribution in [0.1, 0.15) is 33.1 Å². The lowest BCUT2D eigenvalue weighted by Crippen LogP contribution is -2.64. The van der Waals surface area contributed by atoms with E-state index in [1.807, 2.05) is 13.8 Å². The number of nitrogens with two attached hydrogens (primary N) is 2. The zero-order valence-corrected chi connectivity index (χ0v) is 14.7. The van der Waals surface area contributed by atoms with Crippen LogP contribution in [0.25, 0.3) is 0 Å². The average molecular weight is 343 g/mol. The number of imide groups is 1. The molecule has 6 nitrogen and oxygen atoms in total. The van der Waals surface area contributed by atoms with Crippen molar-refractivity contribution in [2.75, 3.05) is 14.1 Å². The van der Waals surface area contributed by atoms with Crippen molar-refractivity contribution in [3.05, 3.63) is 0 Å². The van der Waals surface area contributed by atoms with Crippen molar-refractivity contribution in [3.8, 4) is 0 Å². The van der Waals surface area contributed by atoms with Gasteiger partial charge in [0.15, 0.2) is 0 Å². The number of hydrogen-bond donors (Lipinski definition) is 2. The second kappa shape index (κ2) is 9.46. The summed E-state index contributed by atoms with van der Waals surface area (Å²) >= 11 is 0. The molecule has 21 heavy (non-hydrogen) atoms. The van der Waals surface area contributed by atoms with Crippen LogP contribution in [0.3, 0.4) is 0 Å². The number of urea groups is 1. The molecule has 0 aromatic carbocycles. The minimum absolute atomic E-state index is 0. The van der Waals surface area contributed by atoms with Gasteiger partial charge in [-0.15, -0.1) is 24.8 Å². The van der Waals surface area contributed by atoms with Crippen LogP contribution >= 0.6 is 24.8 Å². The maximum absolute atomic E-state index is 12.3. The standard InChI is InChI=1S/C13H26N4O2.2ClH/c1-5-8(14)7-9-11(10(15)6-2)16(3)13(19)17(4)12(9)18;;/h8-11H,5-7,14-15H2,1-4H3;2*1H. The number of likely N-dealkylation sites (N-methyl/N-ethyl adjacent to an activating group) is 1. The number of halogens is 2. The third kappa shape index (κ3) is 4.71. The highest BCUT2D eigenvalue weighted by Crippen LogP contribution is 2.27. The smallest absolute Gasteiger partial charge is 0.326 e. The van der Waals surface area contributed by atoms with Gasteiger partial charge >= 0.3 is 6.03 Å². The molecule has 1 fully saturated rings. The molecule has 0 bridgehead atoms. The SMILES string of the molecule is CCC(N)CC1C(=O)N(C)C(=O)N(C)C1C(N)CC.Cl.Cl. The predicted molar refractivity (Wildman–Crippen MR) is 88.9 cm³/mol. The third-order valence-corrected chi connectivity index (χ3v) is 4.09. The molecule has 4 unspecified atom stereocenters. The van der Waals surface area contributed by atoms with E-state index in [4.69, 9.17) is 11.5 Å². The molecule has 1 rings (SSSR count). The molecule has 0 aromatic rings. The van der Waals surface area contributed by atoms with Gasteiger partial charge in [0.2, 0.25) is 5.91 Å². The second-order valence-corrected chi connectivity index (χ2v) is 5.36. The predicted octanol–water partition coefficient (Wildman–Crippen LogP) is 1.20. The van der Waals surface area contributed by atoms with E-state index >= 15 is 0 Å². The Balaban J connectivity index is 0. The lowest BCUT2D eigenvalue weighted by molar-refractivity contribution is -0.138. The van der Waals surface area contributed by atoms with Crippen molar-refractivity contribution in [1.82, 2.24) is 9.80 Å². The molecule has 8 heteroatoms.